The van der Waals surface area contributed by atoms with Gasteiger partial charge < -0.3 is 10.4 Å². The fourth-order valence-electron chi connectivity index (χ4n) is 1.10. The lowest BCUT2D eigenvalue weighted by molar-refractivity contribution is -0.138. The van der Waals surface area contributed by atoms with Crippen molar-refractivity contribution in [3.63, 3.8) is 0 Å². The Kier molecular flexibility index (Phi) is 5.74. The number of carboxylic acids is 1. The summed E-state index contributed by atoms with van der Waals surface area (Å²) in [4.78, 5) is 22.7. The quantitative estimate of drug-likeness (QED) is 0.582. The summed E-state index contributed by atoms with van der Waals surface area (Å²) in [5.74, 6) is -0.762. The molecule has 1 unspecified atom stereocenters. The van der Waals surface area contributed by atoms with Crippen molar-refractivity contribution in [2.75, 3.05) is 11.1 Å². The van der Waals surface area contributed by atoms with E-state index in [1.165, 1.54) is 11.8 Å². The van der Waals surface area contributed by atoms with Gasteiger partial charge in [0.05, 0.1) is 0 Å². The van der Waals surface area contributed by atoms with Gasteiger partial charge in [0.15, 0.2) is 0 Å². The number of tetrazole rings is 1. The van der Waals surface area contributed by atoms with Crippen LogP contribution in [0.3, 0.4) is 0 Å². The van der Waals surface area contributed by atoms with Gasteiger partial charge in [-0.15, -0.1) is 0 Å². The Hall–Kier alpha value is -1.84. The Morgan fingerprint density at radius 2 is 2.20 bits per heavy atom. The molecule has 20 heavy (non-hydrogen) atoms. The average Bonchev–Trinajstić information content (AvgIpc) is 2.86. The molecular weight excluding hydrogens is 284 g/mol. The zero-order chi connectivity index (χ0) is 15.2. The Balaban J connectivity index is 2.50. The molecule has 0 aliphatic carbocycles. The number of carbonyl (C=O) groups excluding carboxylic acids is 1. The summed E-state index contributed by atoms with van der Waals surface area (Å²) in [6, 6.07) is -1.66. The number of H-pyrrole nitrogens is 1. The van der Waals surface area contributed by atoms with Gasteiger partial charge in [0.2, 0.25) is 5.95 Å². The van der Waals surface area contributed by atoms with Crippen LogP contribution in [0.25, 0.3) is 0 Å². The van der Waals surface area contributed by atoms with Gasteiger partial charge in [-0.25, -0.2) is 14.7 Å². The molecule has 10 heteroatoms. The number of urea groups is 1. The lowest BCUT2D eigenvalue weighted by Crippen LogP contribution is -2.45. The van der Waals surface area contributed by atoms with E-state index in [9.17, 15) is 9.59 Å². The number of amides is 2. The predicted molar refractivity (Wildman–Crippen MR) is 74.6 cm³/mol. The minimum Gasteiger partial charge on any atom is -0.480 e. The standard InChI is InChI=1S/C10H18N6O3S/c1-4-10(2,3)20-5-6(7(17)18)11-9(19)12-8-13-15-16-14-8/h6H,4-5H2,1-3H3,(H,17,18)(H3,11,12,13,14,15,16,19). The summed E-state index contributed by atoms with van der Waals surface area (Å²) >= 11 is 1.49. The average molecular weight is 302 g/mol. The highest BCUT2D eigenvalue weighted by Gasteiger charge is 2.24. The Morgan fingerprint density at radius 1 is 1.50 bits per heavy atom. The Labute approximate surface area is 120 Å². The maximum Gasteiger partial charge on any atom is 0.327 e. The molecule has 1 aromatic heterocycles. The van der Waals surface area contributed by atoms with E-state index in [0.29, 0.717) is 0 Å². The van der Waals surface area contributed by atoms with Crippen molar-refractivity contribution >= 4 is 29.7 Å². The number of hydrogen-bond donors (Lipinski definition) is 4. The summed E-state index contributed by atoms with van der Waals surface area (Å²) in [7, 11) is 0. The first-order chi connectivity index (χ1) is 9.34. The van der Waals surface area contributed by atoms with Gasteiger partial charge >= 0.3 is 12.0 Å². The van der Waals surface area contributed by atoms with Crippen LogP contribution < -0.4 is 10.6 Å². The number of carboxylic acid groups (broad SMARTS) is 1. The van der Waals surface area contributed by atoms with Crippen LogP contribution in [0.5, 0.6) is 0 Å². The van der Waals surface area contributed by atoms with Crippen LogP contribution in [0, 0.1) is 0 Å². The van der Waals surface area contributed by atoms with Crippen LogP contribution in [-0.4, -0.2) is 54.3 Å². The molecule has 0 aliphatic rings. The van der Waals surface area contributed by atoms with Crippen LogP contribution in [0.15, 0.2) is 0 Å². The first-order valence-electron chi connectivity index (χ1n) is 6.02. The molecule has 9 nitrogen and oxygen atoms in total. The smallest absolute Gasteiger partial charge is 0.327 e. The lowest BCUT2D eigenvalue weighted by Gasteiger charge is -2.24. The van der Waals surface area contributed by atoms with Crippen molar-refractivity contribution in [3.05, 3.63) is 0 Å². The summed E-state index contributed by atoms with van der Waals surface area (Å²) in [6.45, 7) is 6.08. The number of nitrogens with one attached hydrogen (secondary N) is 3. The number of nitrogens with zero attached hydrogens (tertiary/aromatic N) is 3. The maximum absolute atomic E-state index is 11.6. The number of anilines is 1. The SMILES string of the molecule is CCC(C)(C)SCC(NC(=O)Nc1nnn[nH]1)C(=O)O. The first-order valence-corrected chi connectivity index (χ1v) is 7.00. The lowest BCUT2D eigenvalue weighted by atomic mass is 10.1. The van der Waals surface area contributed by atoms with E-state index in [1.807, 2.05) is 20.8 Å². The van der Waals surface area contributed by atoms with E-state index in [1.54, 1.807) is 0 Å². The molecule has 0 saturated heterocycles. The molecule has 0 saturated carbocycles. The number of aliphatic carboxylic acids is 1. The zero-order valence-corrected chi connectivity index (χ0v) is 12.3. The fraction of sp³-hybridized carbons (Fsp3) is 0.700. The van der Waals surface area contributed by atoms with Crippen molar-refractivity contribution in [3.8, 4) is 0 Å². The molecule has 1 aromatic rings. The minimum absolute atomic E-state index is 0.0410. The molecule has 0 aromatic carbocycles. The van der Waals surface area contributed by atoms with E-state index in [0.717, 1.165) is 6.42 Å². The minimum atomic E-state index is -1.09. The van der Waals surface area contributed by atoms with E-state index >= 15 is 0 Å². The third-order valence-corrected chi connectivity index (χ3v) is 4.24. The number of carbonyl (C=O) groups is 2. The number of aromatic amines is 1. The van der Waals surface area contributed by atoms with Crippen molar-refractivity contribution in [2.45, 2.75) is 38.0 Å². The van der Waals surface area contributed by atoms with Gasteiger partial charge in [0, 0.05) is 10.5 Å². The van der Waals surface area contributed by atoms with Gasteiger partial charge in [-0.3, -0.25) is 5.32 Å². The highest BCUT2D eigenvalue weighted by Crippen LogP contribution is 2.28. The monoisotopic (exact) mass is 302 g/mol. The van der Waals surface area contributed by atoms with E-state index < -0.39 is 18.0 Å². The van der Waals surface area contributed by atoms with Crippen molar-refractivity contribution in [1.82, 2.24) is 25.9 Å². The third kappa shape index (κ3) is 5.43. The highest BCUT2D eigenvalue weighted by atomic mass is 32.2. The van der Waals surface area contributed by atoms with Crippen LogP contribution >= 0.6 is 11.8 Å². The second-order valence-electron chi connectivity index (χ2n) is 4.66. The summed E-state index contributed by atoms with van der Waals surface area (Å²) in [6.07, 6.45) is 0.903. The van der Waals surface area contributed by atoms with Gasteiger partial charge in [0.25, 0.3) is 0 Å². The molecule has 0 bridgehead atoms. The maximum atomic E-state index is 11.6. The first kappa shape index (κ1) is 16.2. The van der Waals surface area contributed by atoms with Crippen LogP contribution in [-0.2, 0) is 4.79 Å². The van der Waals surface area contributed by atoms with Gasteiger partial charge in [-0.1, -0.05) is 25.9 Å². The molecule has 0 fully saturated rings. The molecule has 112 valence electrons. The number of thioether (sulfide) groups is 1. The number of hydrogen-bond acceptors (Lipinski definition) is 6. The summed E-state index contributed by atoms with van der Waals surface area (Å²) in [5, 5.41) is 26.2. The fourth-order valence-corrected chi connectivity index (χ4v) is 2.15. The van der Waals surface area contributed by atoms with Crippen molar-refractivity contribution in [2.24, 2.45) is 0 Å². The van der Waals surface area contributed by atoms with Crippen LogP contribution in [0.4, 0.5) is 10.7 Å². The molecule has 0 aliphatic heterocycles. The molecule has 0 radical (unpaired) electrons. The zero-order valence-electron chi connectivity index (χ0n) is 11.5. The largest absolute Gasteiger partial charge is 0.480 e. The van der Waals surface area contributed by atoms with Gasteiger partial charge in [-0.2, -0.15) is 11.8 Å². The Bertz CT molecular complexity index is 450. The second kappa shape index (κ2) is 7.08. The molecule has 1 heterocycles. The molecular formula is C10H18N6O3S. The summed E-state index contributed by atoms with van der Waals surface area (Å²) < 4.78 is -0.0410. The van der Waals surface area contributed by atoms with Gasteiger partial charge in [0.1, 0.15) is 6.04 Å². The van der Waals surface area contributed by atoms with E-state index in [4.69, 9.17) is 5.11 Å². The molecule has 1 rings (SSSR count). The molecule has 2 amide bonds. The van der Waals surface area contributed by atoms with Crippen molar-refractivity contribution in [1.29, 1.82) is 0 Å². The van der Waals surface area contributed by atoms with Gasteiger partial charge in [-0.05, 0) is 16.8 Å². The van der Waals surface area contributed by atoms with Crippen molar-refractivity contribution < 1.29 is 14.7 Å². The van der Waals surface area contributed by atoms with E-state index in [-0.39, 0.29) is 16.4 Å². The second-order valence-corrected chi connectivity index (χ2v) is 6.39. The summed E-state index contributed by atoms with van der Waals surface area (Å²) in [5.41, 5.74) is 0. The van der Waals surface area contributed by atoms with Crippen LogP contribution in [0.1, 0.15) is 27.2 Å². The molecule has 1 atom stereocenters. The third-order valence-electron chi connectivity index (χ3n) is 2.67. The Morgan fingerprint density at radius 3 is 2.70 bits per heavy atom. The van der Waals surface area contributed by atoms with Crippen LogP contribution in [0.2, 0.25) is 0 Å². The number of rotatable bonds is 7. The predicted octanol–water partition coefficient (Wildman–Crippen LogP) is 0.696. The van der Waals surface area contributed by atoms with E-state index in [2.05, 4.69) is 31.3 Å². The molecule has 0 spiro atoms. The topological polar surface area (TPSA) is 133 Å². The number of aromatic nitrogens is 4. The molecule has 4 N–H and O–H groups in total. The normalized spacial score (nSPS) is 12.8. The highest BCUT2D eigenvalue weighted by molar-refractivity contribution is 8.00.